The minimum absolute atomic E-state index is 0.267. The topological polar surface area (TPSA) is 106 Å². The number of carbonyl (C=O) groups excluding carboxylic acids is 2. The van der Waals surface area contributed by atoms with E-state index < -0.39 is 11.3 Å². The second kappa shape index (κ2) is 8.37. The third-order valence-electron chi connectivity index (χ3n) is 4.77. The summed E-state index contributed by atoms with van der Waals surface area (Å²) in [5, 5.41) is 23.9. The Morgan fingerprint density at radius 3 is 2.39 bits per heavy atom. The lowest BCUT2D eigenvalue weighted by Gasteiger charge is -2.20. The van der Waals surface area contributed by atoms with Gasteiger partial charge in [-0.25, -0.2) is 0 Å². The fraction of sp³-hybridized carbons (Fsp3) is 0.273. The number of hydrogen-bond donors (Lipinski definition) is 2. The number of carbonyl (C=O) groups is 2. The van der Waals surface area contributed by atoms with Crippen LogP contribution in [0.3, 0.4) is 0 Å². The second-order valence-corrected chi connectivity index (χ2v) is 6.86. The first-order chi connectivity index (χ1) is 13.3. The molecule has 2 N–H and O–H groups in total. The Labute approximate surface area is 164 Å². The van der Waals surface area contributed by atoms with Crippen molar-refractivity contribution in [3.05, 3.63) is 70.0 Å². The highest BCUT2D eigenvalue weighted by molar-refractivity contribution is 5.99. The molecule has 6 heteroatoms. The molecule has 1 aliphatic rings. The van der Waals surface area contributed by atoms with Crippen LogP contribution in [-0.4, -0.2) is 18.9 Å². The van der Waals surface area contributed by atoms with E-state index in [4.69, 9.17) is 5.26 Å². The van der Waals surface area contributed by atoms with E-state index in [1.165, 1.54) is 13.1 Å². The zero-order valence-corrected chi connectivity index (χ0v) is 16.4. The number of likely N-dealkylation sites (N-methyl/N-ethyl adjacent to an activating group) is 1. The smallest absolute Gasteiger partial charge is 0.255 e. The van der Waals surface area contributed by atoms with Crippen molar-refractivity contribution in [1.29, 1.82) is 10.5 Å². The van der Waals surface area contributed by atoms with Gasteiger partial charge in [-0.15, -0.1) is 0 Å². The summed E-state index contributed by atoms with van der Waals surface area (Å²) in [6.45, 7) is 5.63. The number of nitrogens with zero attached hydrogens (tertiary/aromatic N) is 2. The average molecular weight is 374 g/mol. The quantitative estimate of drug-likeness (QED) is 0.845. The molecule has 0 saturated heterocycles. The van der Waals surface area contributed by atoms with Gasteiger partial charge in [-0.3, -0.25) is 9.59 Å². The molecule has 0 fully saturated rings. The van der Waals surface area contributed by atoms with Gasteiger partial charge < -0.3 is 10.6 Å². The molecule has 0 aliphatic heterocycles. The molecule has 1 aromatic rings. The van der Waals surface area contributed by atoms with Crippen molar-refractivity contribution in [2.24, 2.45) is 5.41 Å². The molecule has 0 heterocycles. The maximum atomic E-state index is 12.8. The molecule has 0 bridgehead atoms. The van der Waals surface area contributed by atoms with Crippen LogP contribution in [-0.2, 0) is 4.79 Å². The van der Waals surface area contributed by atoms with Gasteiger partial charge in [-0.2, -0.15) is 10.5 Å². The molecule has 2 amide bonds. The SMILES string of the molecule is CCC1(C)C=C(C#N)C(NC(=O)c2ccc(C#N)cc2C)=CC(C(=O)NC)=C1. The van der Waals surface area contributed by atoms with E-state index in [0.717, 1.165) is 0 Å². The van der Waals surface area contributed by atoms with Gasteiger partial charge >= 0.3 is 0 Å². The molecule has 0 aromatic heterocycles. The lowest BCUT2D eigenvalue weighted by molar-refractivity contribution is -0.116. The highest BCUT2D eigenvalue weighted by Gasteiger charge is 2.26. The van der Waals surface area contributed by atoms with Crippen molar-refractivity contribution >= 4 is 11.8 Å². The summed E-state index contributed by atoms with van der Waals surface area (Å²) in [5.74, 6) is -0.709. The summed E-state index contributed by atoms with van der Waals surface area (Å²) in [7, 11) is 1.53. The van der Waals surface area contributed by atoms with Gasteiger partial charge in [-0.05, 0) is 43.2 Å². The van der Waals surface area contributed by atoms with Crippen molar-refractivity contribution < 1.29 is 9.59 Å². The first-order valence-corrected chi connectivity index (χ1v) is 8.89. The standard InChI is InChI=1S/C22H22N4O2/c1-5-22(3)10-16(20(27)25-4)9-19(17(11-22)13-24)26-21(28)18-7-6-15(12-23)8-14(18)2/h6-11H,5H2,1-4H3,(H,25,27)(H,26,28). The molecule has 2 rings (SSSR count). The van der Waals surface area contributed by atoms with Gasteiger partial charge in [0.1, 0.15) is 6.07 Å². The van der Waals surface area contributed by atoms with Gasteiger partial charge in [0.05, 0.1) is 22.9 Å². The van der Waals surface area contributed by atoms with Crippen molar-refractivity contribution in [3.63, 3.8) is 0 Å². The highest BCUT2D eigenvalue weighted by Crippen LogP contribution is 2.32. The maximum Gasteiger partial charge on any atom is 0.255 e. The molecule has 0 spiro atoms. The van der Waals surface area contributed by atoms with Crippen molar-refractivity contribution in [1.82, 2.24) is 10.6 Å². The van der Waals surface area contributed by atoms with Crippen molar-refractivity contribution in [2.45, 2.75) is 27.2 Å². The number of nitrogens with one attached hydrogen (secondary N) is 2. The third kappa shape index (κ3) is 4.36. The van der Waals surface area contributed by atoms with Gasteiger partial charge in [0.25, 0.3) is 11.8 Å². The Kier molecular flexibility index (Phi) is 6.18. The first kappa shape index (κ1) is 20.7. The van der Waals surface area contributed by atoms with Crippen molar-refractivity contribution in [2.75, 3.05) is 7.05 Å². The normalized spacial score (nSPS) is 18.4. The van der Waals surface area contributed by atoms with E-state index in [-0.39, 0.29) is 11.6 Å². The Morgan fingerprint density at radius 1 is 1.14 bits per heavy atom. The van der Waals surface area contributed by atoms with Crippen LogP contribution in [0.4, 0.5) is 0 Å². The van der Waals surface area contributed by atoms with Crippen LogP contribution in [0.5, 0.6) is 0 Å². The second-order valence-electron chi connectivity index (χ2n) is 6.86. The van der Waals surface area contributed by atoms with Crippen LogP contribution in [0.25, 0.3) is 0 Å². The molecule has 1 atom stereocenters. The van der Waals surface area contributed by atoms with E-state index in [0.29, 0.717) is 34.3 Å². The van der Waals surface area contributed by atoms with Crippen LogP contribution >= 0.6 is 0 Å². The van der Waals surface area contributed by atoms with E-state index in [1.54, 1.807) is 37.3 Å². The van der Waals surface area contributed by atoms with Crippen LogP contribution in [0.2, 0.25) is 0 Å². The summed E-state index contributed by atoms with van der Waals surface area (Å²) in [6, 6.07) is 8.92. The first-order valence-electron chi connectivity index (χ1n) is 8.89. The predicted octanol–water partition coefficient (Wildman–Crippen LogP) is 3.03. The number of nitriles is 2. The average Bonchev–Trinajstić information content (AvgIpc) is 2.83. The van der Waals surface area contributed by atoms with Crippen LogP contribution in [0.15, 0.2) is 53.3 Å². The zero-order chi connectivity index (χ0) is 20.9. The minimum atomic E-state index is -0.500. The Bertz CT molecular complexity index is 1000. The van der Waals surface area contributed by atoms with Crippen LogP contribution < -0.4 is 10.6 Å². The minimum Gasteiger partial charge on any atom is -0.355 e. The summed E-state index contributed by atoms with van der Waals surface area (Å²) < 4.78 is 0. The molecule has 6 nitrogen and oxygen atoms in total. The van der Waals surface area contributed by atoms with Gasteiger partial charge in [0.15, 0.2) is 0 Å². The third-order valence-corrected chi connectivity index (χ3v) is 4.77. The zero-order valence-electron chi connectivity index (χ0n) is 16.4. The molecule has 1 aliphatic carbocycles. The largest absolute Gasteiger partial charge is 0.355 e. The number of hydrogen-bond acceptors (Lipinski definition) is 4. The summed E-state index contributed by atoms with van der Waals surface area (Å²) in [5.41, 5.74) is 1.94. The van der Waals surface area contributed by atoms with Crippen LogP contribution in [0.1, 0.15) is 41.8 Å². The van der Waals surface area contributed by atoms with E-state index >= 15 is 0 Å². The number of aryl methyl sites for hydroxylation is 1. The molecule has 0 radical (unpaired) electrons. The maximum absolute atomic E-state index is 12.8. The number of benzene rings is 1. The number of amides is 2. The molecular weight excluding hydrogens is 352 g/mol. The fourth-order valence-electron chi connectivity index (χ4n) is 2.93. The Morgan fingerprint density at radius 2 is 1.86 bits per heavy atom. The van der Waals surface area contributed by atoms with E-state index in [1.807, 2.05) is 19.9 Å². The molecule has 0 saturated carbocycles. The lowest BCUT2D eigenvalue weighted by Crippen LogP contribution is -2.26. The predicted molar refractivity (Wildman–Crippen MR) is 106 cm³/mol. The summed E-state index contributed by atoms with van der Waals surface area (Å²) >= 11 is 0. The van der Waals surface area contributed by atoms with E-state index in [2.05, 4.69) is 16.7 Å². The van der Waals surface area contributed by atoms with Gasteiger partial charge in [0, 0.05) is 23.6 Å². The lowest BCUT2D eigenvalue weighted by atomic mass is 9.84. The number of allylic oxidation sites excluding steroid dienone is 3. The summed E-state index contributed by atoms with van der Waals surface area (Å²) in [4.78, 5) is 25.1. The van der Waals surface area contributed by atoms with Crippen LogP contribution in [0, 0.1) is 35.0 Å². The molecule has 1 aromatic carbocycles. The summed E-state index contributed by atoms with van der Waals surface area (Å²) in [6.07, 6.45) is 5.77. The fourth-order valence-corrected chi connectivity index (χ4v) is 2.93. The monoisotopic (exact) mass is 374 g/mol. The number of rotatable bonds is 4. The molecule has 1 unspecified atom stereocenters. The molecule has 28 heavy (non-hydrogen) atoms. The molecule has 142 valence electrons. The van der Waals surface area contributed by atoms with Gasteiger partial charge in [0.2, 0.25) is 0 Å². The Hall–Kier alpha value is -3.64. The Balaban J connectivity index is 2.48. The van der Waals surface area contributed by atoms with E-state index in [9.17, 15) is 14.9 Å². The van der Waals surface area contributed by atoms with Crippen molar-refractivity contribution in [3.8, 4) is 12.1 Å². The van der Waals surface area contributed by atoms with Gasteiger partial charge in [-0.1, -0.05) is 26.0 Å². The highest BCUT2D eigenvalue weighted by atomic mass is 16.2. The molecular formula is C22H22N4O2.